The van der Waals surface area contributed by atoms with E-state index >= 15 is 0 Å². The van der Waals surface area contributed by atoms with Gasteiger partial charge in [-0.1, -0.05) is 23.7 Å². The van der Waals surface area contributed by atoms with Crippen molar-refractivity contribution in [3.63, 3.8) is 0 Å². The summed E-state index contributed by atoms with van der Waals surface area (Å²) in [5.74, 6) is -0.610. The van der Waals surface area contributed by atoms with Crippen molar-refractivity contribution >= 4 is 56.1 Å². The zero-order valence-electron chi connectivity index (χ0n) is 28.7. The SMILES string of the molecule is CC(=O)N1CC(N2CCC(c3nn(C)c4ccc(-c5nc6cc(C)c([C@H](OC(C)(C)C)C(=O)O)c(-c7ccc(Cl)cc7)c6s5)nc34)CC2)C1. The number of pyridine rings is 1. The number of ether oxygens (including phenoxy) is 1. The van der Waals surface area contributed by atoms with Crippen molar-refractivity contribution < 1.29 is 19.4 Å². The molecular weight excluding hydrogens is 660 g/mol. The molecule has 12 heteroatoms. The van der Waals surface area contributed by atoms with Gasteiger partial charge in [0.1, 0.15) is 10.5 Å². The van der Waals surface area contributed by atoms with Crippen molar-refractivity contribution in [3.8, 4) is 21.8 Å². The third-order valence-electron chi connectivity index (χ3n) is 9.70. The number of rotatable bonds is 7. The lowest BCUT2D eigenvalue weighted by Crippen LogP contribution is -2.61. The van der Waals surface area contributed by atoms with E-state index in [0.29, 0.717) is 22.5 Å². The minimum Gasteiger partial charge on any atom is -0.479 e. The fraction of sp³-hybridized carbons (Fsp3) is 0.432. The van der Waals surface area contributed by atoms with E-state index in [1.165, 1.54) is 11.3 Å². The smallest absolute Gasteiger partial charge is 0.337 e. The molecule has 0 saturated carbocycles. The number of aliphatic carboxylic acids is 1. The number of aryl methyl sites for hydroxylation is 2. The molecular formula is C37H41ClN6O4S. The van der Waals surface area contributed by atoms with E-state index in [-0.39, 0.29) is 5.91 Å². The van der Waals surface area contributed by atoms with Gasteiger partial charge in [-0.25, -0.2) is 14.8 Å². The van der Waals surface area contributed by atoms with Crippen molar-refractivity contribution in [2.75, 3.05) is 26.2 Å². The van der Waals surface area contributed by atoms with Crippen LogP contribution >= 0.6 is 22.9 Å². The van der Waals surface area contributed by atoms with Crippen LogP contribution in [0, 0.1) is 6.92 Å². The van der Waals surface area contributed by atoms with Gasteiger partial charge < -0.3 is 14.7 Å². The number of nitrogens with zero attached hydrogens (tertiary/aromatic N) is 6. The van der Waals surface area contributed by atoms with Gasteiger partial charge in [0.15, 0.2) is 6.10 Å². The van der Waals surface area contributed by atoms with Crippen LogP contribution in [0.3, 0.4) is 0 Å². The average Bonchev–Trinajstić information content (AvgIpc) is 3.59. The van der Waals surface area contributed by atoms with E-state index in [1.807, 2.05) is 80.7 Å². The standard InChI is InChI=1S/C37H41ClN6O4S/c1-20-17-27-34(30(22-7-9-24(38)10-8-22)29(20)33(36(46)47)48-37(3,4)5)49-35(40-27)26-11-12-28-32(39-26)31(41-42(28)6)23-13-15-43(16-14-23)25-18-44(19-25)21(2)45/h7-12,17,23,25,33H,13-16,18-19H2,1-6H3,(H,46,47)/t33-/m0/s1. The van der Waals surface area contributed by atoms with Gasteiger partial charge in [0.25, 0.3) is 0 Å². The lowest BCUT2D eigenvalue weighted by Gasteiger charge is -2.47. The number of fused-ring (bicyclic) bond motifs is 2. The van der Waals surface area contributed by atoms with Crippen LogP contribution in [-0.2, 0) is 21.4 Å². The molecule has 2 saturated heterocycles. The first-order chi connectivity index (χ1) is 23.3. The van der Waals surface area contributed by atoms with Crippen molar-refractivity contribution in [2.45, 2.75) is 71.1 Å². The third-order valence-corrected chi connectivity index (χ3v) is 11.1. The second kappa shape index (κ2) is 12.8. The minimum absolute atomic E-state index is 0.150. The maximum atomic E-state index is 12.7. The molecule has 256 valence electrons. The first-order valence-corrected chi connectivity index (χ1v) is 17.9. The summed E-state index contributed by atoms with van der Waals surface area (Å²) in [6, 6.07) is 13.9. The predicted molar refractivity (Wildman–Crippen MR) is 193 cm³/mol. The molecule has 10 nitrogen and oxygen atoms in total. The van der Waals surface area contributed by atoms with Crippen LogP contribution in [0.1, 0.15) is 69.4 Å². The lowest BCUT2D eigenvalue weighted by molar-refractivity contribution is -0.160. The van der Waals surface area contributed by atoms with E-state index in [4.69, 9.17) is 31.4 Å². The number of thiazole rings is 1. The molecule has 2 fully saturated rings. The number of amides is 1. The van der Waals surface area contributed by atoms with Crippen molar-refractivity contribution in [1.29, 1.82) is 0 Å². The molecule has 3 aromatic heterocycles. The maximum absolute atomic E-state index is 12.7. The first kappa shape index (κ1) is 33.6. The Balaban J connectivity index is 1.27. The summed E-state index contributed by atoms with van der Waals surface area (Å²) in [5.41, 5.74) is 6.72. The Labute approximate surface area is 294 Å². The average molecular weight is 701 g/mol. The number of hydrogen-bond donors (Lipinski definition) is 1. The highest BCUT2D eigenvalue weighted by molar-refractivity contribution is 7.22. The van der Waals surface area contributed by atoms with E-state index in [0.717, 1.165) is 93.4 Å². The fourth-order valence-electron chi connectivity index (χ4n) is 7.19. The van der Waals surface area contributed by atoms with Gasteiger partial charge in [0.2, 0.25) is 5.91 Å². The minimum atomic E-state index is -1.18. The molecule has 0 bridgehead atoms. The zero-order valence-corrected chi connectivity index (χ0v) is 30.2. The second-order valence-corrected chi connectivity index (χ2v) is 15.7. The molecule has 2 aliphatic heterocycles. The van der Waals surface area contributed by atoms with E-state index < -0.39 is 17.7 Å². The molecule has 0 unspecified atom stereocenters. The molecule has 2 aliphatic rings. The highest BCUT2D eigenvalue weighted by atomic mass is 35.5. The number of hydrogen-bond acceptors (Lipinski definition) is 8. The Bertz CT molecular complexity index is 2070. The lowest BCUT2D eigenvalue weighted by atomic mass is 9.91. The number of carbonyl (C=O) groups is 2. The van der Waals surface area contributed by atoms with Crippen LogP contribution in [0.15, 0.2) is 42.5 Å². The van der Waals surface area contributed by atoms with Crippen molar-refractivity contribution in [3.05, 3.63) is 64.3 Å². The molecule has 7 rings (SSSR count). The monoisotopic (exact) mass is 700 g/mol. The summed E-state index contributed by atoms with van der Waals surface area (Å²) in [4.78, 5) is 39.1. The Morgan fingerprint density at radius 1 is 1.06 bits per heavy atom. The largest absolute Gasteiger partial charge is 0.479 e. The Hall–Kier alpha value is -3.90. The summed E-state index contributed by atoms with van der Waals surface area (Å²) in [6.45, 7) is 12.7. The Morgan fingerprint density at radius 2 is 1.76 bits per heavy atom. The second-order valence-electron chi connectivity index (χ2n) is 14.3. The van der Waals surface area contributed by atoms with Gasteiger partial charge in [-0.05, 0) is 95.1 Å². The van der Waals surface area contributed by atoms with Gasteiger partial charge in [-0.15, -0.1) is 11.3 Å². The molecule has 1 amide bonds. The van der Waals surface area contributed by atoms with Crippen LogP contribution in [-0.4, -0.2) is 84.4 Å². The van der Waals surface area contributed by atoms with Crippen LogP contribution in [0.25, 0.3) is 43.1 Å². The summed E-state index contributed by atoms with van der Waals surface area (Å²) in [5, 5.41) is 16.7. The third kappa shape index (κ3) is 6.45. The molecule has 5 heterocycles. The first-order valence-electron chi connectivity index (χ1n) is 16.7. The topological polar surface area (TPSA) is 114 Å². The number of halogens is 1. The normalized spacial score (nSPS) is 17.2. The van der Waals surface area contributed by atoms with Crippen molar-refractivity contribution in [2.24, 2.45) is 7.05 Å². The molecule has 0 spiro atoms. The zero-order chi connectivity index (χ0) is 34.8. The highest BCUT2D eigenvalue weighted by Crippen LogP contribution is 2.44. The number of carbonyl (C=O) groups excluding carboxylic acids is 1. The van der Waals surface area contributed by atoms with Crippen molar-refractivity contribution in [1.82, 2.24) is 29.5 Å². The number of carboxylic acids is 1. The summed E-state index contributed by atoms with van der Waals surface area (Å²) in [6.07, 6.45) is 0.796. The van der Waals surface area contributed by atoms with Crippen LogP contribution in [0.4, 0.5) is 0 Å². The van der Waals surface area contributed by atoms with Gasteiger partial charge in [0.05, 0.1) is 32.7 Å². The van der Waals surface area contributed by atoms with Gasteiger partial charge in [-0.3, -0.25) is 14.4 Å². The fourth-order valence-corrected chi connectivity index (χ4v) is 8.41. The number of benzene rings is 2. The van der Waals surface area contributed by atoms with Gasteiger partial charge in [0, 0.05) is 55.2 Å². The quantitative estimate of drug-likeness (QED) is 0.189. The van der Waals surface area contributed by atoms with Crippen LogP contribution in [0.2, 0.25) is 5.02 Å². The summed E-state index contributed by atoms with van der Waals surface area (Å²) >= 11 is 7.78. The Morgan fingerprint density at radius 3 is 2.39 bits per heavy atom. The summed E-state index contributed by atoms with van der Waals surface area (Å²) < 4.78 is 8.95. The number of aromatic nitrogens is 4. The molecule has 5 aromatic rings. The van der Waals surface area contributed by atoms with E-state index in [1.54, 1.807) is 6.92 Å². The van der Waals surface area contributed by atoms with Crippen LogP contribution in [0.5, 0.6) is 0 Å². The highest BCUT2D eigenvalue weighted by Gasteiger charge is 2.36. The Kier molecular flexibility index (Phi) is 8.75. The van der Waals surface area contributed by atoms with E-state index in [2.05, 4.69) is 11.0 Å². The summed E-state index contributed by atoms with van der Waals surface area (Å²) in [7, 11) is 1.96. The molecule has 1 N–H and O–H groups in total. The predicted octanol–water partition coefficient (Wildman–Crippen LogP) is 7.22. The number of carboxylic acid groups (broad SMARTS) is 1. The molecule has 0 aliphatic carbocycles. The van der Waals surface area contributed by atoms with Gasteiger partial charge in [-0.2, -0.15) is 5.10 Å². The number of likely N-dealkylation sites (tertiary alicyclic amines) is 2. The van der Waals surface area contributed by atoms with Crippen LogP contribution < -0.4 is 0 Å². The molecule has 0 radical (unpaired) electrons. The molecule has 2 aromatic carbocycles. The van der Waals surface area contributed by atoms with Gasteiger partial charge >= 0.3 is 5.97 Å². The maximum Gasteiger partial charge on any atom is 0.337 e. The molecule has 49 heavy (non-hydrogen) atoms. The number of piperidine rings is 1. The van der Waals surface area contributed by atoms with E-state index in [9.17, 15) is 14.7 Å². The molecule has 1 atom stereocenters.